The van der Waals surface area contributed by atoms with Crippen LogP contribution in [0.4, 0.5) is 9.59 Å². The van der Waals surface area contributed by atoms with Crippen molar-refractivity contribution in [3.8, 4) is 11.5 Å². The van der Waals surface area contributed by atoms with Gasteiger partial charge in [-0.25, -0.2) is 9.59 Å². The molecule has 1 aromatic rings. The third kappa shape index (κ3) is 9.01. The van der Waals surface area contributed by atoms with Crippen molar-refractivity contribution >= 4 is 32.4 Å². The van der Waals surface area contributed by atoms with E-state index in [9.17, 15) is 19.2 Å². The van der Waals surface area contributed by atoms with Gasteiger partial charge in [0.1, 0.15) is 28.3 Å². The standard InChI is InChI=1S/C40H63N3O10Si/c1-25-15-16-27(53-54(13,14)38(9,10)11)32-31(25)39-21-24-43(12)26(2)40(39,50-30(45)19-23-42-35(47)52-37(6,7)8)20-17-28(33(39)49-32)48-29(44)18-22-41-34(46)51-36(3,4)5/h15-17,26,33H,18-24H2,1-14H3,(H,41,46)(H,42,47)/t26-,33+,39+,40-/m1/s1. The number of likely N-dealkylation sites (tertiary alicyclic amines) is 1. The van der Waals surface area contributed by atoms with Gasteiger partial charge in [-0.1, -0.05) is 26.8 Å². The second-order valence-corrected chi connectivity index (χ2v) is 23.1. The van der Waals surface area contributed by atoms with Crippen molar-refractivity contribution in [3.05, 3.63) is 35.1 Å². The Hall–Kier alpha value is -3.78. The van der Waals surface area contributed by atoms with E-state index in [2.05, 4.69) is 49.4 Å². The molecule has 13 nitrogen and oxygen atoms in total. The van der Waals surface area contributed by atoms with Gasteiger partial charge in [-0.05, 0) is 111 Å². The van der Waals surface area contributed by atoms with Gasteiger partial charge in [-0.15, -0.1) is 0 Å². The molecule has 4 rings (SSSR count). The van der Waals surface area contributed by atoms with E-state index in [1.807, 2.05) is 33.0 Å². The monoisotopic (exact) mass is 773 g/mol. The number of amides is 2. The van der Waals surface area contributed by atoms with E-state index in [1.165, 1.54) is 0 Å². The van der Waals surface area contributed by atoms with Gasteiger partial charge >= 0.3 is 24.1 Å². The minimum Gasteiger partial charge on any atom is -0.541 e. The lowest BCUT2D eigenvalue weighted by Gasteiger charge is -2.59. The first-order valence-electron chi connectivity index (χ1n) is 19.0. The number of rotatable bonds is 10. The average Bonchev–Trinajstić information content (AvgIpc) is 3.37. The number of esters is 2. The third-order valence-corrected chi connectivity index (χ3v) is 15.3. The largest absolute Gasteiger partial charge is 0.541 e. The molecule has 1 saturated heterocycles. The van der Waals surface area contributed by atoms with Crippen LogP contribution in [0.1, 0.15) is 106 Å². The summed E-state index contributed by atoms with van der Waals surface area (Å²) in [7, 11) is -0.351. The molecule has 0 bridgehead atoms. The van der Waals surface area contributed by atoms with Gasteiger partial charge < -0.3 is 38.7 Å². The van der Waals surface area contributed by atoms with Crippen LogP contribution >= 0.6 is 0 Å². The first-order valence-corrected chi connectivity index (χ1v) is 21.9. The molecule has 2 aliphatic heterocycles. The van der Waals surface area contributed by atoms with E-state index in [4.69, 9.17) is 28.1 Å². The number of fused-ring (bicyclic) bond motifs is 1. The Balaban J connectivity index is 1.75. The molecule has 302 valence electrons. The highest BCUT2D eigenvalue weighted by Crippen LogP contribution is 2.64. The lowest BCUT2D eigenvalue weighted by Crippen LogP contribution is -2.73. The first kappa shape index (κ1) is 43.0. The van der Waals surface area contributed by atoms with Crippen molar-refractivity contribution in [2.45, 2.75) is 154 Å². The minimum absolute atomic E-state index is 0.0161. The van der Waals surface area contributed by atoms with Crippen LogP contribution < -0.4 is 19.8 Å². The van der Waals surface area contributed by atoms with Gasteiger partial charge in [0, 0.05) is 31.1 Å². The minimum atomic E-state index is -2.36. The van der Waals surface area contributed by atoms with E-state index < -0.39 is 60.8 Å². The number of carbonyl (C=O) groups excluding carboxylic acids is 4. The fraction of sp³-hybridized carbons (Fsp3) is 0.700. The smallest absolute Gasteiger partial charge is 0.407 e. The summed E-state index contributed by atoms with van der Waals surface area (Å²) in [5.74, 6) is 0.435. The van der Waals surface area contributed by atoms with E-state index in [0.29, 0.717) is 30.2 Å². The Bertz CT molecular complexity index is 1640. The maximum atomic E-state index is 13.9. The predicted molar refractivity (Wildman–Crippen MR) is 207 cm³/mol. The number of nitrogens with zero attached hydrogens (tertiary/aromatic N) is 1. The van der Waals surface area contributed by atoms with Crippen LogP contribution in [0.5, 0.6) is 11.5 Å². The molecule has 1 fully saturated rings. The van der Waals surface area contributed by atoms with Crippen molar-refractivity contribution in [1.82, 2.24) is 15.5 Å². The molecule has 1 aromatic carbocycles. The number of ether oxygens (including phenoxy) is 5. The summed E-state index contributed by atoms with van der Waals surface area (Å²) in [4.78, 5) is 54.0. The molecule has 2 amide bonds. The summed E-state index contributed by atoms with van der Waals surface area (Å²) in [5.41, 5.74) is -1.68. The number of likely N-dealkylation sites (N-methyl/N-ethyl adjacent to an activating group) is 1. The number of aryl methyl sites for hydroxylation is 1. The molecule has 0 aromatic heterocycles. The fourth-order valence-electron chi connectivity index (χ4n) is 7.29. The van der Waals surface area contributed by atoms with Crippen LogP contribution in [0.15, 0.2) is 24.0 Å². The Labute approximate surface area is 322 Å². The highest BCUT2D eigenvalue weighted by molar-refractivity contribution is 6.74. The zero-order valence-corrected chi connectivity index (χ0v) is 35.9. The van der Waals surface area contributed by atoms with Gasteiger partial charge in [0.2, 0.25) is 0 Å². The lowest BCUT2D eigenvalue weighted by atomic mass is 9.54. The molecule has 2 N–H and O–H groups in total. The molecule has 3 aliphatic rings. The maximum Gasteiger partial charge on any atom is 0.407 e. The quantitative estimate of drug-likeness (QED) is 0.143. The fourth-order valence-corrected chi connectivity index (χ4v) is 8.31. The van der Waals surface area contributed by atoms with E-state index in [1.54, 1.807) is 47.6 Å². The summed E-state index contributed by atoms with van der Waals surface area (Å²) in [6, 6.07) is 3.67. The van der Waals surface area contributed by atoms with E-state index in [0.717, 1.165) is 11.1 Å². The second-order valence-electron chi connectivity index (χ2n) is 18.3. The zero-order valence-electron chi connectivity index (χ0n) is 34.9. The SMILES string of the molecule is Cc1ccc(O[Si](C)(C)C(C)(C)C)c2c1[C@]13CCN(C)[C@H](C)[C@]1(OC(=O)CCNC(=O)OC(C)(C)C)CC=C(OC(=O)CCNC(=O)OC(C)(C)C)[C@@H]3O2. The number of alkyl carbamates (subject to hydrolysis) is 2. The van der Waals surface area contributed by atoms with Gasteiger partial charge in [-0.3, -0.25) is 14.5 Å². The van der Waals surface area contributed by atoms with Gasteiger partial charge in [0.25, 0.3) is 8.32 Å². The molecule has 0 unspecified atom stereocenters. The summed E-state index contributed by atoms with van der Waals surface area (Å²) in [6.07, 6.45) is 0.269. The Morgan fingerprint density at radius 2 is 1.46 bits per heavy atom. The summed E-state index contributed by atoms with van der Waals surface area (Å²) in [5, 5.41) is 5.17. The molecular formula is C40H63N3O10Si. The Morgan fingerprint density at radius 3 is 2.00 bits per heavy atom. The molecule has 54 heavy (non-hydrogen) atoms. The number of hydrogen-bond donors (Lipinski definition) is 2. The molecule has 0 radical (unpaired) electrons. The van der Waals surface area contributed by atoms with Gasteiger partial charge in [0.05, 0.1) is 18.3 Å². The molecule has 1 aliphatic carbocycles. The van der Waals surface area contributed by atoms with Crippen molar-refractivity contribution in [2.24, 2.45) is 0 Å². The molecule has 0 saturated carbocycles. The Kier molecular flexibility index (Phi) is 12.2. The first-order chi connectivity index (χ1) is 24.7. The number of nitrogens with one attached hydrogen (secondary N) is 2. The number of piperidine rings is 1. The van der Waals surface area contributed by atoms with Crippen LogP contribution in [0.2, 0.25) is 18.1 Å². The summed E-state index contributed by atoms with van der Waals surface area (Å²) in [6.45, 7) is 26.2. The molecular weight excluding hydrogens is 711 g/mol. The van der Waals surface area contributed by atoms with Gasteiger partial charge in [0.15, 0.2) is 11.9 Å². The highest BCUT2D eigenvalue weighted by atomic mass is 28.4. The average molecular weight is 774 g/mol. The van der Waals surface area contributed by atoms with Crippen LogP contribution in [0, 0.1) is 6.92 Å². The van der Waals surface area contributed by atoms with Crippen LogP contribution in [0.25, 0.3) is 0 Å². The number of hydrogen-bond acceptors (Lipinski definition) is 11. The van der Waals surface area contributed by atoms with Crippen LogP contribution in [-0.2, 0) is 34.0 Å². The van der Waals surface area contributed by atoms with Crippen molar-refractivity contribution < 1.29 is 47.3 Å². The topological polar surface area (TPSA) is 151 Å². The van der Waals surface area contributed by atoms with Crippen molar-refractivity contribution in [2.75, 3.05) is 26.7 Å². The molecule has 1 spiro atoms. The zero-order chi connectivity index (χ0) is 40.7. The van der Waals surface area contributed by atoms with Crippen molar-refractivity contribution in [3.63, 3.8) is 0 Å². The number of benzene rings is 1. The maximum absolute atomic E-state index is 13.9. The third-order valence-electron chi connectivity index (χ3n) is 11.0. The van der Waals surface area contributed by atoms with Crippen LogP contribution in [-0.4, -0.2) is 93.0 Å². The van der Waals surface area contributed by atoms with Crippen molar-refractivity contribution in [1.29, 1.82) is 0 Å². The van der Waals surface area contributed by atoms with Crippen LogP contribution in [0.3, 0.4) is 0 Å². The molecule has 14 heteroatoms. The number of carbonyl (C=O) groups is 4. The lowest BCUT2D eigenvalue weighted by molar-refractivity contribution is -0.201. The van der Waals surface area contributed by atoms with E-state index in [-0.39, 0.29) is 43.4 Å². The summed E-state index contributed by atoms with van der Waals surface area (Å²) >= 11 is 0. The Morgan fingerprint density at radius 1 is 0.907 bits per heavy atom. The predicted octanol–water partition coefficient (Wildman–Crippen LogP) is 7.04. The summed E-state index contributed by atoms with van der Waals surface area (Å²) < 4.78 is 37.3. The normalized spacial score (nSPS) is 24.1. The van der Waals surface area contributed by atoms with E-state index >= 15 is 0 Å². The second kappa shape index (κ2) is 15.4. The highest BCUT2D eigenvalue weighted by Gasteiger charge is 2.72. The van der Waals surface area contributed by atoms with Gasteiger partial charge in [-0.2, -0.15) is 0 Å². The molecule has 2 heterocycles. The molecule has 4 atom stereocenters.